The standard InChI is InChI=1S/C22H24N2O3S/c1-4-13-24-14(2)18(20(25)15-9-6-5-7-10-15)19(23-22(24)28)16-11-8-12-17(27-3)21(16)26/h5-12,19,26H,4,13H2,1-3H3,(H,23,28). The Kier molecular flexibility index (Phi) is 5.99. The molecule has 28 heavy (non-hydrogen) atoms. The van der Waals surface area contributed by atoms with Gasteiger partial charge in [-0.25, -0.2) is 0 Å². The Balaban J connectivity index is 2.17. The van der Waals surface area contributed by atoms with Crippen LogP contribution in [0.25, 0.3) is 0 Å². The average Bonchev–Trinajstić information content (AvgIpc) is 2.71. The third-order valence-corrected chi connectivity index (χ3v) is 5.22. The number of nitrogens with one attached hydrogen (secondary N) is 1. The fourth-order valence-corrected chi connectivity index (χ4v) is 3.83. The molecule has 0 radical (unpaired) electrons. The van der Waals surface area contributed by atoms with E-state index in [1.165, 1.54) is 7.11 Å². The number of aromatic hydroxyl groups is 1. The number of ether oxygens (including phenoxy) is 1. The first-order chi connectivity index (χ1) is 13.5. The molecule has 1 unspecified atom stereocenters. The van der Waals surface area contributed by atoms with Crippen LogP contribution in [0.2, 0.25) is 0 Å². The number of rotatable bonds is 6. The van der Waals surface area contributed by atoms with Crippen molar-refractivity contribution in [3.05, 3.63) is 70.9 Å². The Hall–Kier alpha value is -2.86. The van der Waals surface area contributed by atoms with Crippen LogP contribution >= 0.6 is 12.2 Å². The summed E-state index contributed by atoms with van der Waals surface area (Å²) in [6, 6.07) is 13.8. The third-order valence-electron chi connectivity index (χ3n) is 4.89. The summed E-state index contributed by atoms with van der Waals surface area (Å²) < 4.78 is 5.25. The highest BCUT2D eigenvalue weighted by molar-refractivity contribution is 7.80. The quantitative estimate of drug-likeness (QED) is 0.564. The van der Waals surface area contributed by atoms with Crippen molar-refractivity contribution in [2.75, 3.05) is 13.7 Å². The first-order valence-corrected chi connectivity index (χ1v) is 9.64. The second kappa shape index (κ2) is 8.44. The van der Waals surface area contributed by atoms with E-state index in [9.17, 15) is 9.90 Å². The molecule has 0 bridgehead atoms. The second-order valence-electron chi connectivity index (χ2n) is 6.63. The summed E-state index contributed by atoms with van der Waals surface area (Å²) in [6.07, 6.45) is 0.890. The highest BCUT2D eigenvalue weighted by Crippen LogP contribution is 2.40. The van der Waals surface area contributed by atoms with Crippen LogP contribution in [-0.2, 0) is 0 Å². The van der Waals surface area contributed by atoms with Crippen LogP contribution in [0, 0.1) is 0 Å². The van der Waals surface area contributed by atoms with Crippen LogP contribution < -0.4 is 10.1 Å². The predicted molar refractivity (Wildman–Crippen MR) is 114 cm³/mol. The Morgan fingerprint density at radius 1 is 1.21 bits per heavy atom. The topological polar surface area (TPSA) is 61.8 Å². The van der Waals surface area contributed by atoms with Gasteiger partial charge in [-0.3, -0.25) is 4.79 Å². The van der Waals surface area contributed by atoms with Crippen molar-refractivity contribution in [3.8, 4) is 11.5 Å². The lowest BCUT2D eigenvalue weighted by Gasteiger charge is -2.38. The zero-order valence-corrected chi connectivity index (χ0v) is 17.0. The minimum absolute atomic E-state index is 0.000373. The van der Waals surface area contributed by atoms with Gasteiger partial charge in [-0.05, 0) is 31.6 Å². The second-order valence-corrected chi connectivity index (χ2v) is 7.01. The maximum Gasteiger partial charge on any atom is 0.193 e. The summed E-state index contributed by atoms with van der Waals surface area (Å²) >= 11 is 5.56. The molecule has 6 heteroatoms. The van der Waals surface area contributed by atoms with E-state index in [4.69, 9.17) is 17.0 Å². The maximum absolute atomic E-state index is 13.4. The molecule has 0 aliphatic carbocycles. The fraction of sp³-hybridized carbons (Fsp3) is 0.273. The lowest BCUT2D eigenvalue weighted by Crippen LogP contribution is -2.47. The fourth-order valence-electron chi connectivity index (χ4n) is 3.48. The Bertz CT molecular complexity index is 925. The van der Waals surface area contributed by atoms with E-state index < -0.39 is 6.04 Å². The van der Waals surface area contributed by atoms with E-state index in [2.05, 4.69) is 12.2 Å². The number of nitrogens with zero attached hydrogens (tertiary/aromatic N) is 1. The summed E-state index contributed by atoms with van der Waals surface area (Å²) in [7, 11) is 1.50. The monoisotopic (exact) mass is 396 g/mol. The predicted octanol–water partition coefficient (Wildman–Crippen LogP) is 4.20. The van der Waals surface area contributed by atoms with Crippen molar-refractivity contribution < 1.29 is 14.6 Å². The van der Waals surface area contributed by atoms with Crippen molar-refractivity contribution >= 4 is 23.1 Å². The van der Waals surface area contributed by atoms with Crippen LogP contribution in [0.1, 0.15) is 42.2 Å². The van der Waals surface area contributed by atoms with Crippen molar-refractivity contribution in [2.24, 2.45) is 0 Å². The molecule has 0 saturated heterocycles. The number of para-hydroxylation sites is 1. The Labute approximate surface area is 170 Å². The molecule has 0 fully saturated rings. The minimum Gasteiger partial charge on any atom is -0.504 e. The molecular formula is C22H24N2O3S. The van der Waals surface area contributed by atoms with Crippen LogP contribution in [0.4, 0.5) is 0 Å². The zero-order valence-electron chi connectivity index (χ0n) is 16.2. The first kappa shape index (κ1) is 19.9. The van der Waals surface area contributed by atoms with Gasteiger partial charge < -0.3 is 20.1 Å². The zero-order chi connectivity index (χ0) is 20.3. The van der Waals surface area contributed by atoms with Crippen LogP contribution in [0.15, 0.2) is 59.8 Å². The number of allylic oxidation sites excluding steroid dienone is 1. The van der Waals surface area contributed by atoms with Gasteiger partial charge in [0, 0.05) is 28.9 Å². The first-order valence-electron chi connectivity index (χ1n) is 9.24. The molecule has 1 aliphatic heterocycles. The maximum atomic E-state index is 13.4. The number of methoxy groups -OCH3 is 1. The van der Waals surface area contributed by atoms with Crippen molar-refractivity contribution in [3.63, 3.8) is 0 Å². The highest BCUT2D eigenvalue weighted by Gasteiger charge is 2.35. The number of benzene rings is 2. The van der Waals surface area contributed by atoms with Gasteiger partial charge in [-0.1, -0.05) is 49.4 Å². The van der Waals surface area contributed by atoms with Crippen molar-refractivity contribution in [2.45, 2.75) is 26.3 Å². The third kappa shape index (κ3) is 3.60. The van der Waals surface area contributed by atoms with Gasteiger partial charge in [0.1, 0.15) is 0 Å². The molecule has 1 heterocycles. The number of phenols is 1. The summed E-state index contributed by atoms with van der Waals surface area (Å²) in [6.45, 7) is 4.68. The summed E-state index contributed by atoms with van der Waals surface area (Å²) in [5, 5.41) is 14.5. The van der Waals surface area contributed by atoms with Crippen molar-refractivity contribution in [1.29, 1.82) is 0 Å². The summed E-state index contributed by atoms with van der Waals surface area (Å²) in [5.74, 6) is 0.257. The molecule has 5 nitrogen and oxygen atoms in total. The molecule has 2 N–H and O–H groups in total. The van der Waals surface area contributed by atoms with Gasteiger partial charge in [0.2, 0.25) is 0 Å². The molecular weight excluding hydrogens is 372 g/mol. The van der Waals surface area contributed by atoms with Gasteiger partial charge >= 0.3 is 0 Å². The number of hydrogen-bond acceptors (Lipinski definition) is 4. The molecule has 1 aliphatic rings. The number of carbonyl (C=O) groups excluding carboxylic acids is 1. The number of ketones is 1. The molecule has 3 rings (SSSR count). The van der Waals surface area contributed by atoms with Gasteiger partial charge in [0.15, 0.2) is 22.4 Å². The average molecular weight is 397 g/mol. The van der Waals surface area contributed by atoms with Crippen molar-refractivity contribution in [1.82, 2.24) is 10.2 Å². The smallest absolute Gasteiger partial charge is 0.193 e. The molecule has 1 atom stereocenters. The Morgan fingerprint density at radius 3 is 2.57 bits per heavy atom. The molecule has 146 valence electrons. The van der Waals surface area contributed by atoms with E-state index in [0.717, 1.165) is 12.1 Å². The lowest BCUT2D eigenvalue weighted by atomic mass is 9.88. The van der Waals surface area contributed by atoms with E-state index in [-0.39, 0.29) is 11.5 Å². The summed E-state index contributed by atoms with van der Waals surface area (Å²) in [4.78, 5) is 15.4. The largest absolute Gasteiger partial charge is 0.504 e. The van der Waals surface area contributed by atoms with E-state index in [0.29, 0.717) is 34.1 Å². The van der Waals surface area contributed by atoms with E-state index in [1.807, 2.05) is 30.0 Å². The number of phenolic OH excluding ortho intramolecular Hbond substituents is 1. The summed E-state index contributed by atoms with van der Waals surface area (Å²) in [5.41, 5.74) is 2.51. The normalized spacial score (nSPS) is 16.8. The number of carbonyl (C=O) groups is 1. The lowest BCUT2D eigenvalue weighted by molar-refractivity contribution is 0.102. The van der Waals surface area contributed by atoms with Gasteiger partial charge in [0.25, 0.3) is 0 Å². The van der Waals surface area contributed by atoms with Gasteiger partial charge in [0.05, 0.1) is 13.2 Å². The Morgan fingerprint density at radius 2 is 1.93 bits per heavy atom. The number of thiocarbonyl (C=S) groups is 1. The minimum atomic E-state index is -0.566. The molecule has 0 amide bonds. The van der Waals surface area contributed by atoms with E-state index in [1.54, 1.807) is 30.3 Å². The van der Waals surface area contributed by atoms with Gasteiger partial charge in [-0.15, -0.1) is 0 Å². The molecule has 2 aromatic carbocycles. The molecule has 0 saturated carbocycles. The highest BCUT2D eigenvalue weighted by atomic mass is 32.1. The number of Topliss-reactive ketones (excluding diaryl/α,β-unsaturated/α-hetero) is 1. The van der Waals surface area contributed by atoms with Crippen LogP contribution in [-0.4, -0.2) is 34.6 Å². The number of hydrogen-bond donors (Lipinski definition) is 2. The molecule has 0 spiro atoms. The SMILES string of the molecule is CCCN1C(=S)NC(c2cccc(OC)c2O)C(C(=O)c2ccccc2)=C1C. The van der Waals surface area contributed by atoms with E-state index >= 15 is 0 Å². The van der Waals surface area contributed by atoms with Crippen LogP contribution in [0.3, 0.4) is 0 Å². The van der Waals surface area contributed by atoms with Gasteiger partial charge in [-0.2, -0.15) is 0 Å². The van der Waals surface area contributed by atoms with Crippen LogP contribution in [0.5, 0.6) is 11.5 Å². The molecule has 0 aromatic heterocycles. The molecule has 2 aromatic rings.